The molecule has 0 radical (unpaired) electrons. The number of nitrogens with two attached hydrogens (primary N) is 1. The first-order valence-electron chi connectivity index (χ1n) is 10.2. The van der Waals surface area contributed by atoms with Crippen LogP contribution in [0.15, 0.2) is 54.7 Å². The smallest absolute Gasteiger partial charge is 0.161 e. The minimum Gasteiger partial charge on any atom is -0.493 e. The van der Waals surface area contributed by atoms with Gasteiger partial charge in [-0.05, 0) is 68.2 Å². The molecule has 154 valence electrons. The lowest BCUT2D eigenvalue weighted by molar-refractivity contribution is 0.215. The number of hydrogen-bond acceptors (Lipinski definition) is 7. The second kappa shape index (κ2) is 9.37. The molecule has 30 heavy (non-hydrogen) atoms. The molecule has 0 atom stereocenters. The van der Waals surface area contributed by atoms with E-state index in [1.165, 1.54) is 6.21 Å². The highest BCUT2D eigenvalue weighted by molar-refractivity contribution is 5.87. The Labute approximate surface area is 176 Å². The van der Waals surface area contributed by atoms with Crippen LogP contribution in [0.4, 0.5) is 17.2 Å². The largest absolute Gasteiger partial charge is 0.493 e. The molecule has 1 aliphatic rings. The van der Waals surface area contributed by atoms with E-state index in [2.05, 4.69) is 20.6 Å². The Balaban J connectivity index is 1.47. The highest BCUT2D eigenvalue weighted by atomic mass is 16.5. The lowest BCUT2D eigenvalue weighted by atomic mass is 9.99. The topological polar surface area (TPSA) is 109 Å². The van der Waals surface area contributed by atoms with Gasteiger partial charge in [0.2, 0.25) is 0 Å². The van der Waals surface area contributed by atoms with Gasteiger partial charge >= 0.3 is 0 Å². The predicted molar refractivity (Wildman–Crippen MR) is 121 cm³/mol. The molecular weight excluding hydrogens is 376 g/mol. The highest BCUT2D eigenvalue weighted by Crippen LogP contribution is 2.25. The van der Waals surface area contributed by atoms with E-state index in [9.17, 15) is 0 Å². The Kier molecular flexibility index (Phi) is 6.20. The van der Waals surface area contributed by atoms with Crippen LogP contribution >= 0.6 is 0 Å². The van der Waals surface area contributed by atoms with Crippen molar-refractivity contribution in [3.63, 3.8) is 0 Å². The van der Waals surface area contributed by atoms with Gasteiger partial charge in [-0.2, -0.15) is 0 Å². The molecule has 7 heteroatoms. The zero-order valence-electron chi connectivity index (χ0n) is 16.8. The fraction of sp³-hybridized carbons (Fsp3) is 0.261. The molecule has 1 aliphatic heterocycles. The van der Waals surface area contributed by atoms with Gasteiger partial charge in [-0.1, -0.05) is 12.1 Å². The number of nitrogens with zero attached hydrogens (tertiary/aromatic N) is 2. The van der Waals surface area contributed by atoms with Crippen molar-refractivity contribution in [1.82, 2.24) is 15.3 Å². The van der Waals surface area contributed by atoms with Crippen molar-refractivity contribution in [2.24, 2.45) is 5.92 Å². The van der Waals surface area contributed by atoms with Crippen molar-refractivity contribution < 1.29 is 4.74 Å². The van der Waals surface area contributed by atoms with E-state index in [-0.39, 0.29) is 0 Å². The van der Waals surface area contributed by atoms with Crippen molar-refractivity contribution in [3.05, 3.63) is 60.3 Å². The number of piperidine rings is 1. The summed E-state index contributed by atoms with van der Waals surface area (Å²) in [6.45, 7) is 2.87. The van der Waals surface area contributed by atoms with E-state index in [0.717, 1.165) is 49.5 Å². The van der Waals surface area contributed by atoms with Gasteiger partial charge in [0.1, 0.15) is 11.6 Å². The highest BCUT2D eigenvalue weighted by Gasteiger charge is 2.14. The fourth-order valence-corrected chi connectivity index (χ4v) is 3.48. The molecule has 0 amide bonds. The fourth-order valence-electron chi connectivity index (χ4n) is 3.48. The Morgan fingerprint density at radius 2 is 2.03 bits per heavy atom. The van der Waals surface area contributed by atoms with Crippen LogP contribution in [-0.2, 0) is 0 Å². The van der Waals surface area contributed by atoms with Crippen molar-refractivity contribution in [1.29, 1.82) is 5.41 Å². The van der Waals surface area contributed by atoms with Crippen molar-refractivity contribution in [3.8, 4) is 17.1 Å². The molecule has 7 nitrogen and oxygen atoms in total. The third kappa shape index (κ3) is 4.93. The Hall–Kier alpha value is -3.45. The number of rotatable bonds is 7. The van der Waals surface area contributed by atoms with Crippen LogP contribution < -0.4 is 21.1 Å². The van der Waals surface area contributed by atoms with Crippen LogP contribution in [0.5, 0.6) is 5.75 Å². The van der Waals surface area contributed by atoms with Crippen LogP contribution in [-0.4, -0.2) is 35.9 Å². The van der Waals surface area contributed by atoms with Gasteiger partial charge < -0.3 is 26.5 Å². The predicted octanol–water partition coefficient (Wildman–Crippen LogP) is 3.85. The first-order valence-corrected chi connectivity index (χ1v) is 10.2. The van der Waals surface area contributed by atoms with Gasteiger partial charge in [0, 0.05) is 34.9 Å². The van der Waals surface area contributed by atoms with Crippen LogP contribution in [0.25, 0.3) is 11.4 Å². The van der Waals surface area contributed by atoms with Crippen LogP contribution in [0.2, 0.25) is 0 Å². The minimum atomic E-state index is 0.570. The summed E-state index contributed by atoms with van der Waals surface area (Å²) in [5.41, 5.74) is 8.80. The van der Waals surface area contributed by atoms with E-state index in [1.54, 1.807) is 18.3 Å². The SMILES string of the molecule is N=Cc1cc(Nc2ccnc(-c3cccc(OCC4CCNCC4)c3)n2)ccc1N. The Morgan fingerprint density at radius 1 is 1.17 bits per heavy atom. The first-order chi connectivity index (χ1) is 14.7. The number of nitrogens with one attached hydrogen (secondary N) is 3. The Bertz CT molecular complexity index is 1020. The summed E-state index contributed by atoms with van der Waals surface area (Å²) in [4.78, 5) is 9.05. The van der Waals surface area contributed by atoms with Gasteiger partial charge in [0.15, 0.2) is 5.82 Å². The molecule has 0 aliphatic carbocycles. The van der Waals surface area contributed by atoms with E-state index in [0.29, 0.717) is 28.8 Å². The molecule has 2 aromatic carbocycles. The van der Waals surface area contributed by atoms with Crippen molar-refractivity contribution >= 4 is 23.4 Å². The van der Waals surface area contributed by atoms with Gasteiger partial charge in [0.05, 0.1) is 6.61 Å². The number of nitrogen functional groups attached to an aromatic ring is 1. The summed E-state index contributed by atoms with van der Waals surface area (Å²) >= 11 is 0. The maximum atomic E-state index is 7.45. The summed E-state index contributed by atoms with van der Waals surface area (Å²) in [5.74, 6) is 2.73. The normalized spacial score (nSPS) is 14.3. The lowest BCUT2D eigenvalue weighted by Crippen LogP contribution is -2.30. The van der Waals surface area contributed by atoms with Gasteiger partial charge in [-0.3, -0.25) is 0 Å². The number of aromatic nitrogens is 2. The molecule has 5 N–H and O–H groups in total. The third-order valence-electron chi connectivity index (χ3n) is 5.21. The summed E-state index contributed by atoms with van der Waals surface area (Å²) in [6.07, 6.45) is 5.27. The van der Waals surface area contributed by atoms with Crippen LogP contribution in [0.3, 0.4) is 0 Å². The number of anilines is 3. The summed E-state index contributed by atoms with van der Waals surface area (Å²) in [6, 6.07) is 15.2. The quantitative estimate of drug-likeness (QED) is 0.353. The molecule has 4 rings (SSSR count). The molecular formula is C23H26N6O. The summed E-state index contributed by atoms with van der Waals surface area (Å²) in [7, 11) is 0. The third-order valence-corrected chi connectivity index (χ3v) is 5.21. The van der Waals surface area contributed by atoms with E-state index >= 15 is 0 Å². The molecule has 1 aromatic heterocycles. The van der Waals surface area contributed by atoms with E-state index in [4.69, 9.17) is 15.9 Å². The van der Waals surface area contributed by atoms with Gasteiger partial charge in [-0.25, -0.2) is 9.97 Å². The second-order valence-corrected chi connectivity index (χ2v) is 7.41. The molecule has 0 unspecified atom stereocenters. The zero-order chi connectivity index (χ0) is 20.8. The molecule has 0 bridgehead atoms. The van der Waals surface area contributed by atoms with Crippen LogP contribution in [0, 0.1) is 11.3 Å². The molecule has 1 saturated heterocycles. The summed E-state index contributed by atoms with van der Waals surface area (Å²) in [5, 5.41) is 14.1. The van der Waals surface area contributed by atoms with Gasteiger partial charge in [0.25, 0.3) is 0 Å². The van der Waals surface area contributed by atoms with Crippen LogP contribution in [0.1, 0.15) is 18.4 Å². The molecule has 3 aromatic rings. The molecule has 2 heterocycles. The lowest BCUT2D eigenvalue weighted by Gasteiger charge is -2.22. The average Bonchev–Trinajstić information content (AvgIpc) is 2.80. The maximum Gasteiger partial charge on any atom is 0.161 e. The minimum absolute atomic E-state index is 0.570. The monoisotopic (exact) mass is 402 g/mol. The first kappa shape index (κ1) is 19.8. The number of benzene rings is 2. The van der Waals surface area contributed by atoms with E-state index in [1.807, 2.05) is 36.4 Å². The van der Waals surface area contributed by atoms with Gasteiger partial charge in [-0.15, -0.1) is 0 Å². The maximum absolute atomic E-state index is 7.45. The number of ether oxygens (including phenoxy) is 1. The summed E-state index contributed by atoms with van der Waals surface area (Å²) < 4.78 is 6.04. The molecule has 0 saturated carbocycles. The average molecular weight is 403 g/mol. The van der Waals surface area contributed by atoms with Crippen molar-refractivity contribution in [2.75, 3.05) is 30.7 Å². The van der Waals surface area contributed by atoms with Crippen molar-refractivity contribution in [2.45, 2.75) is 12.8 Å². The standard InChI is InChI=1S/C23H26N6O/c24-14-18-12-19(4-5-21(18)25)28-22-8-11-27-23(29-22)17-2-1-3-20(13-17)30-15-16-6-9-26-10-7-16/h1-5,8,11-14,16,24,26H,6-7,9-10,15,25H2,(H,27,28,29). The molecule has 0 spiro atoms. The zero-order valence-corrected chi connectivity index (χ0v) is 16.8. The van der Waals surface area contributed by atoms with E-state index < -0.39 is 0 Å². The second-order valence-electron chi connectivity index (χ2n) is 7.41. The molecule has 1 fully saturated rings. The number of hydrogen-bond donors (Lipinski definition) is 4. The Morgan fingerprint density at radius 3 is 2.87 bits per heavy atom.